The number of hydrogen-bond acceptors (Lipinski definition) is 2. The van der Waals surface area contributed by atoms with E-state index in [4.69, 9.17) is 17.3 Å². The van der Waals surface area contributed by atoms with Crippen LogP contribution in [0.4, 0.5) is 0 Å². The average Bonchev–Trinajstić information content (AvgIpc) is 2.20. The van der Waals surface area contributed by atoms with Gasteiger partial charge in [-0.3, -0.25) is 0 Å². The molecule has 0 saturated carbocycles. The predicted octanol–water partition coefficient (Wildman–Crippen LogP) is 2.09. The fourth-order valence-electron chi connectivity index (χ4n) is 1.95. The minimum atomic E-state index is 0.227. The first kappa shape index (κ1) is 9.97. The van der Waals surface area contributed by atoms with Crippen LogP contribution in [-0.2, 0) is 0 Å². The van der Waals surface area contributed by atoms with Crippen LogP contribution in [0.1, 0.15) is 24.4 Å². The predicted molar refractivity (Wildman–Crippen MR) is 59.4 cm³/mol. The van der Waals surface area contributed by atoms with Crippen LogP contribution in [0.2, 0.25) is 5.02 Å². The Labute approximate surface area is 89.4 Å². The molecule has 2 rings (SSSR count). The summed E-state index contributed by atoms with van der Waals surface area (Å²) in [7, 11) is 0. The Morgan fingerprint density at radius 3 is 2.64 bits per heavy atom. The molecule has 0 radical (unpaired) electrons. The molecule has 14 heavy (non-hydrogen) atoms. The molecule has 0 aliphatic carbocycles. The zero-order valence-corrected chi connectivity index (χ0v) is 8.80. The molecule has 1 aliphatic heterocycles. The maximum absolute atomic E-state index is 6.05. The van der Waals surface area contributed by atoms with Gasteiger partial charge in [0.25, 0.3) is 0 Å². The van der Waals surface area contributed by atoms with Crippen molar-refractivity contribution in [2.45, 2.75) is 24.9 Å². The molecule has 3 N–H and O–H groups in total. The van der Waals surface area contributed by atoms with Crippen LogP contribution in [0.15, 0.2) is 24.3 Å². The molecule has 0 unspecified atom stereocenters. The topological polar surface area (TPSA) is 38.0 Å². The highest BCUT2D eigenvalue weighted by Gasteiger charge is 2.22. The number of nitrogens with one attached hydrogen (secondary N) is 1. The molecular weight excluding hydrogens is 196 g/mol. The summed E-state index contributed by atoms with van der Waals surface area (Å²) >= 11 is 5.84. The monoisotopic (exact) mass is 210 g/mol. The molecule has 1 aromatic rings. The third kappa shape index (κ3) is 2.08. The first-order chi connectivity index (χ1) is 6.77. The summed E-state index contributed by atoms with van der Waals surface area (Å²) in [6.07, 6.45) is 2.27. The number of piperidine rings is 1. The summed E-state index contributed by atoms with van der Waals surface area (Å²) < 4.78 is 0. The number of hydrogen-bond donors (Lipinski definition) is 2. The Kier molecular flexibility index (Phi) is 3.06. The highest BCUT2D eigenvalue weighted by Crippen LogP contribution is 2.23. The first-order valence-electron chi connectivity index (χ1n) is 5.02. The normalized spacial score (nSPS) is 27.6. The van der Waals surface area contributed by atoms with Crippen molar-refractivity contribution in [3.05, 3.63) is 34.9 Å². The number of rotatable bonds is 1. The third-order valence-electron chi connectivity index (χ3n) is 2.74. The molecule has 0 aromatic heterocycles. The van der Waals surface area contributed by atoms with Crippen LogP contribution in [0.3, 0.4) is 0 Å². The summed E-state index contributed by atoms with van der Waals surface area (Å²) in [6, 6.07) is 8.45. The lowest BCUT2D eigenvalue weighted by Gasteiger charge is -2.30. The van der Waals surface area contributed by atoms with E-state index in [1.54, 1.807) is 0 Å². The van der Waals surface area contributed by atoms with Crippen molar-refractivity contribution in [3.8, 4) is 0 Å². The molecule has 1 saturated heterocycles. The van der Waals surface area contributed by atoms with Crippen molar-refractivity contribution in [1.29, 1.82) is 0 Å². The minimum Gasteiger partial charge on any atom is -0.326 e. The molecular formula is C11H15ClN2. The van der Waals surface area contributed by atoms with Gasteiger partial charge in [-0.05, 0) is 37.1 Å². The highest BCUT2D eigenvalue weighted by molar-refractivity contribution is 6.30. The quantitative estimate of drug-likeness (QED) is 0.745. The Balaban J connectivity index is 2.16. The van der Waals surface area contributed by atoms with E-state index in [2.05, 4.69) is 5.32 Å². The Morgan fingerprint density at radius 2 is 2.00 bits per heavy atom. The molecule has 1 aromatic carbocycles. The van der Waals surface area contributed by atoms with Crippen LogP contribution < -0.4 is 11.1 Å². The third-order valence-corrected chi connectivity index (χ3v) is 2.99. The lowest BCUT2D eigenvalue weighted by Crippen LogP contribution is -2.42. The van der Waals surface area contributed by atoms with E-state index >= 15 is 0 Å². The summed E-state index contributed by atoms with van der Waals surface area (Å²) in [5, 5.41) is 4.21. The van der Waals surface area contributed by atoms with Crippen molar-refractivity contribution in [2.75, 3.05) is 6.54 Å². The van der Waals surface area contributed by atoms with Crippen molar-refractivity contribution < 1.29 is 0 Å². The van der Waals surface area contributed by atoms with E-state index in [-0.39, 0.29) is 6.04 Å². The van der Waals surface area contributed by atoms with Gasteiger partial charge in [-0.15, -0.1) is 0 Å². The van der Waals surface area contributed by atoms with Crippen LogP contribution in [-0.4, -0.2) is 12.6 Å². The van der Waals surface area contributed by atoms with Gasteiger partial charge in [-0.2, -0.15) is 0 Å². The fraction of sp³-hybridized carbons (Fsp3) is 0.455. The van der Waals surface area contributed by atoms with Gasteiger partial charge in [0.05, 0.1) is 0 Å². The smallest absolute Gasteiger partial charge is 0.0473 e. The van der Waals surface area contributed by atoms with Crippen LogP contribution in [0.5, 0.6) is 0 Å². The van der Waals surface area contributed by atoms with Gasteiger partial charge in [-0.1, -0.05) is 23.7 Å². The van der Waals surface area contributed by atoms with Gasteiger partial charge in [0, 0.05) is 17.1 Å². The Hall–Kier alpha value is -0.570. The highest BCUT2D eigenvalue weighted by atomic mass is 35.5. The lowest BCUT2D eigenvalue weighted by molar-refractivity contribution is 0.358. The second kappa shape index (κ2) is 4.30. The molecule has 1 aliphatic rings. The average molecular weight is 211 g/mol. The van der Waals surface area contributed by atoms with E-state index in [0.717, 1.165) is 18.0 Å². The van der Waals surface area contributed by atoms with Gasteiger partial charge in [0.1, 0.15) is 0 Å². The van der Waals surface area contributed by atoms with Gasteiger partial charge in [0.2, 0.25) is 0 Å². The molecule has 76 valence electrons. The van der Waals surface area contributed by atoms with Crippen LogP contribution in [0.25, 0.3) is 0 Å². The van der Waals surface area contributed by atoms with Crippen molar-refractivity contribution in [3.63, 3.8) is 0 Å². The van der Waals surface area contributed by atoms with Gasteiger partial charge < -0.3 is 11.1 Å². The summed E-state index contributed by atoms with van der Waals surface area (Å²) in [6.45, 7) is 1.06. The van der Waals surface area contributed by atoms with Gasteiger partial charge in [0.15, 0.2) is 0 Å². The second-order valence-electron chi connectivity index (χ2n) is 3.79. The van der Waals surface area contributed by atoms with Crippen molar-refractivity contribution in [2.24, 2.45) is 5.73 Å². The van der Waals surface area contributed by atoms with Crippen LogP contribution >= 0.6 is 11.6 Å². The van der Waals surface area contributed by atoms with Gasteiger partial charge >= 0.3 is 0 Å². The number of halogens is 1. The van der Waals surface area contributed by atoms with Crippen molar-refractivity contribution in [1.82, 2.24) is 5.32 Å². The molecule has 2 nitrogen and oxygen atoms in total. The summed E-state index contributed by atoms with van der Waals surface area (Å²) in [5.74, 6) is 0. The molecule has 0 amide bonds. The van der Waals surface area contributed by atoms with E-state index in [1.807, 2.05) is 24.3 Å². The summed E-state index contributed by atoms with van der Waals surface area (Å²) in [5.41, 5.74) is 7.29. The van der Waals surface area contributed by atoms with E-state index < -0.39 is 0 Å². The minimum absolute atomic E-state index is 0.227. The summed E-state index contributed by atoms with van der Waals surface area (Å²) in [4.78, 5) is 0. The van der Waals surface area contributed by atoms with Gasteiger partial charge in [-0.25, -0.2) is 0 Å². The molecule has 0 bridgehead atoms. The van der Waals surface area contributed by atoms with E-state index in [1.165, 1.54) is 12.0 Å². The SMILES string of the molecule is N[C@H]1CCCN[C@H]1c1ccc(Cl)cc1. The second-order valence-corrected chi connectivity index (χ2v) is 4.23. The molecule has 2 atom stereocenters. The maximum atomic E-state index is 6.05. The van der Waals surface area contributed by atoms with E-state index in [9.17, 15) is 0 Å². The number of nitrogens with two attached hydrogens (primary N) is 1. The zero-order chi connectivity index (χ0) is 9.97. The first-order valence-corrected chi connectivity index (χ1v) is 5.39. The zero-order valence-electron chi connectivity index (χ0n) is 8.04. The maximum Gasteiger partial charge on any atom is 0.0473 e. The van der Waals surface area contributed by atoms with E-state index in [0.29, 0.717) is 6.04 Å². The molecule has 1 fully saturated rings. The fourth-order valence-corrected chi connectivity index (χ4v) is 2.07. The largest absolute Gasteiger partial charge is 0.326 e. The lowest BCUT2D eigenvalue weighted by atomic mass is 9.93. The Morgan fingerprint density at radius 1 is 1.29 bits per heavy atom. The number of benzene rings is 1. The van der Waals surface area contributed by atoms with Crippen LogP contribution in [0, 0.1) is 0 Å². The standard InChI is InChI=1S/C11H15ClN2/c12-9-5-3-8(4-6-9)11-10(13)2-1-7-14-11/h3-6,10-11,14H,1-2,7,13H2/t10-,11-/m0/s1. The Bertz CT molecular complexity index is 297. The molecule has 0 spiro atoms. The molecule has 1 heterocycles. The van der Waals surface area contributed by atoms with Crippen molar-refractivity contribution >= 4 is 11.6 Å². The molecule has 3 heteroatoms.